The van der Waals surface area contributed by atoms with E-state index in [0.717, 1.165) is 37.0 Å². The first-order valence-electron chi connectivity index (χ1n) is 10.4. The van der Waals surface area contributed by atoms with E-state index in [0.29, 0.717) is 17.3 Å². The first-order valence-corrected chi connectivity index (χ1v) is 10.4. The monoisotopic (exact) mass is 416 g/mol. The van der Waals surface area contributed by atoms with Gasteiger partial charge in [-0.2, -0.15) is 0 Å². The van der Waals surface area contributed by atoms with Gasteiger partial charge in [-0.1, -0.05) is 12.1 Å². The number of hydrogen-bond acceptors (Lipinski definition) is 4. The highest BCUT2D eigenvalue weighted by Crippen LogP contribution is 2.31. The molecule has 4 aromatic rings. The van der Waals surface area contributed by atoms with Crippen LogP contribution in [0, 0.1) is 11.6 Å². The summed E-state index contributed by atoms with van der Waals surface area (Å²) in [5, 5.41) is 4.08. The third-order valence-electron chi connectivity index (χ3n) is 5.93. The Morgan fingerprint density at radius 3 is 2.26 bits per heavy atom. The molecule has 31 heavy (non-hydrogen) atoms. The molecular formula is C25H22F2N4. The number of halogens is 2. The van der Waals surface area contributed by atoms with E-state index in [1.165, 1.54) is 29.7 Å². The molecule has 0 atom stereocenters. The summed E-state index contributed by atoms with van der Waals surface area (Å²) in [5.41, 5.74) is 3.88. The van der Waals surface area contributed by atoms with Crippen LogP contribution in [0.2, 0.25) is 0 Å². The molecular weight excluding hydrogens is 394 g/mol. The first-order chi connectivity index (χ1) is 15.2. The van der Waals surface area contributed by atoms with Gasteiger partial charge in [0.2, 0.25) is 0 Å². The molecule has 6 heteroatoms. The van der Waals surface area contributed by atoms with E-state index in [2.05, 4.69) is 32.3 Å². The molecule has 0 saturated carbocycles. The van der Waals surface area contributed by atoms with E-state index >= 15 is 0 Å². The zero-order chi connectivity index (χ0) is 21.2. The minimum absolute atomic E-state index is 0.183. The molecule has 1 aliphatic rings. The lowest BCUT2D eigenvalue weighted by Crippen LogP contribution is -2.32. The fraction of sp³-hybridized carbons (Fsp3) is 0.200. The summed E-state index contributed by atoms with van der Waals surface area (Å²) in [6.07, 6.45) is 3.54. The van der Waals surface area contributed by atoms with Crippen LogP contribution < -0.4 is 10.2 Å². The maximum absolute atomic E-state index is 13.5. The molecule has 0 aliphatic carbocycles. The normalized spacial score (nSPS) is 14.7. The molecule has 1 saturated heterocycles. The zero-order valence-electron chi connectivity index (χ0n) is 16.9. The molecule has 5 rings (SSSR count). The van der Waals surface area contributed by atoms with E-state index in [4.69, 9.17) is 0 Å². The van der Waals surface area contributed by atoms with Gasteiger partial charge >= 0.3 is 0 Å². The Morgan fingerprint density at radius 1 is 0.806 bits per heavy atom. The van der Waals surface area contributed by atoms with Crippen molar-refractivity contribution >= 4 is 28.1 Å². The average molecular weight is 416 g/mol. The SMILES string of the molecule is Fc1ccc(C2CCN(c3ccc(Nc4ncnc5cc(F)ccc45)cc3)CC2)cc1. The second kappa shape index (κ2) is 8.30. The summed E-state index contributed by atoms with van der Waals surface area (Å²) in [7, 11) is 0. The molecule has 4 nitrogen and oxygen atoms in total. The molecule has 1 fully saturated rings. The summed E-state index contributed by atoms with van der Waals surface area (Å²) >= 11 is 0. The Bertz CT molecular complexity index is 1180. The Hall–Kier alpha value is -3.54. The third-order valence-corrected chi connectivity index (χ3v) is 5.93. The number of fused-ring (bicyclic) bond motifs is 1. The van der Waals surface area contributed by atoms with Gasteiger partial charge in [-0.15, -0.1) is 0 Å². The first kappa shape index (κ1) is 19.4. The number of benzene rings is 3. The topological polar surface area (TPSA) is 41.0 Å². The molecule has 0 spiro atoms. The van der Waals surface area contributed by atoms with E-state index in [9.17, 15) is 8.78 Å². The van der Waals surface area contributed by atoms with Crippen molar-refractivity contribution in [1.29, 1.82) is 0 Å². The van der Waals surface area contributed by atoms with Gasteiger partial charge in [-0.3, -0.25) is 0 Å². The van der Waals surface area contributed by atoms with Crippen LogP contribution >= 0.6 is 0 Å². The summed E-state index contributed by atoms with van der Waals surface area (Å²) in [6, 6.07) is 19.7. The quantitative estimate of drug-likeness (QED) is 0.441. The van der Waals surface area contributed by atoms with Gasteiger partial charge in [-0.05, 0) is 72.9 Å². The third kappa shape index (κ3) is 4.19. The lowest BCUT2D eigenvalue weighted by Gasteiger charge is -2.34. The molecule has 0 bridgehead atoms. The average Bonchev–Trinajstić information content (AvgIpc) is 2.80. The number of anilines is 3. The van der Waals surface area contributed by atoms with Gasteiger partial charge in [0.1, 0.15) is 23.8 Å². The van der Waals surface area contributed by atoms with Crippen LogP contribution in [0.25, 0.3) is 10.9 Å². The Morgan fingerprint density at radius 2 is 1.52 bits per heavy atom. The number of nitrogens with zero attached hydrogens (tertiary/aromatic N) is 3. The maximum atomic E-state index is 13.5. The number of nitrogens with one attached hydrogen (secondary N) is 1. The van der Waals surface area contributed by atoms with Gasteiger partial charge in [0.05, 0.1) is 5.52 Å². The predicted octanol–water partition coefficient (Wildman–Crippen LogP) is 6.04. The summed E-state index contributed by atoms with van der Waals surface area (Å²) in [6.45, 7) is 1.94. The number of hydrogen-bond donors (Lipinski definition) is 1. The van der Waals surface area contributed by atoms with Crippen LogP contribution in [0.4, 0.5) is 26.0 Å². The summed E-state index contributed by atoms with van der Waals surface area (Å²) < 4.78 is 26.6. The van der Waals surface area contributed by atoms with Crippen LogP contribution in [0.15, 0.2) is 73.1 Å². The fourth-order valence-corrected chi connectivity index (χ4v) is 4.23. The number of aromatic nitrogens is 2. The van der Waals surface area contributed by atoms with Crippen LogP contribution in [-0.2, 0) is 0 Å². The van der Waals surface area contributed by atoms with Crippen LogP contribution in [0.5, 0.6) is 0 Å². The van der Waals surface area contributed by atoms with E-state index < -0.39 is 0 Å². The molecule has 1 aliphatic heterocycles. The molecule has 1 aromatic heterocycles. The Kier molecular flexibility index (Phi) is 5.20. The lowest BCUT2D eigenvalue weighted by atomic mass is 9.89. The second-order valence-corrected chi connectivity index (χ2v) is 7.87. The van der Waals surface area contributed by atoms with Crippen molar-refractivity contribution in [3.05, 3.63) is 90.3 Å². The van der Waals surface area contributed by atoms with Gasteiger partial charge < -0.3 is 10.2 Å². The fourth-order valence-electron chi connectivity index (χ4n) is 4.23. The Labute approximate surface area is 179 Å². The van der Waals surface area contributed by atoms with Gasteiger partial charge in [-0.25, -0.2) is 18.7 Å². The molecule has 0 radical (unpaired) electrons. The summed E-state index contributed by atoms with van der Waals surface area (Å²) in [4.78, 5) is 10.8. The van der Waals surface area contributed by atoms with Crippen LogP contribution in [0.3, 0.4) is 0 Å². The molecule has 0 amide bonds. The minimum Gasteiger partial charge on any atom is -0.371 e. The van der Waals surface area contributed by atoms with E-state index in [-0.39, 0.29) is 11.6 Å². The summed E-state index contributed by atoms with van der Waals surface area (Å²) in [5.74, 6) is 0.633. The molecule has 3 aromatic carbocycles. The van der Waals surface area contributed by atoms with Crippen LogP contribution in [-0.4, -0.2) is 23.1 Å². The Balaban J connectivity index is 1.25. The van der Waals surface area contributed by atoms with Gasteiger partial charge in [0, 0.05) is 35.9 Å². The van der Waals surface area contributed by atoms with E-state index in [1.54, 1.807) is 18.2 Å². The highest BCUT2D eigenvalue weighted by Gasteiger charge is 2.21. The number of rotatable bonds is 4. The van der Waals surface area contributed by atoms with Crippen molar-refractivity contribution in [3.8, 4) is 0 Å². The maximum Gasteiger partial charge on any atom is 0.141 e. The lowest BCUT2D eigenvalue weighted by molar-refractivity contribution is 0.504. The molecule has 156 valence electrons. The van der Waals surface area contributed by atoms with Crippen molar-refractivity contribution < 1.29 is 8.78 Å². The van der Waals surface area contributed by atoms with Gasteiger partial charge in [0.15, 0.2) is 0 Å². The molecule has 2 heterocycles. The van der Waals surface area contributed by atoms with Crippen molar-refractivity contribution in [2.24, 2.45) is 0 Å². The minimum atomic E-state index is -0.315. The second-order valence-electron chi connectivity index (χ2n) is 7.87. The van der Waals surface area contributed by atoms with Crippen molar-refractivity contribution in [1.82, 2.24) is 9.97 Å². The van der Waals surface area contributed by atoms with Crippen molar-refractivity contribution in [2.45, 2.75) is 18.8 Å². The highest BCUT2D eigenvalue weighted by atomic mass is 19.1. The molecule has 0 unspecified atom stereocenters. The standard InChI is InChI=1S/C25H22F2N4/c26-19-3-1-17(2-4-19)18-11-13-31(14-12-18)22-8-6-21(7-9-22)30-25-23-10-5-20(27)15-24(23)28-16-29-25/h1-10,15-16,18H,11-14H2,(H,28,29,30). The van der Waals surface area contributed by atoms with Crippen LogP contribution in [0.1, 0.15) is 24.3 Å². The van der Waals surface area contributed by atoms with Crippen molar-refractivity contribution in [3.63, 3.8) is 0 Å². The van der Waals surface area contributed by atoms with Gasteiger partial charge in [0.25, 0.3) is 0 Å². The largest absolute Gasteiger partial charge is 0.371 e. The zero-order valence-corrected chi connectivity index (χ0v) is 16.9. The highest BCUT2D eigenvalue weighted by molar-refractivity contribution is 5.90. The van der Waals surface area contributed by atoms with Crippen molar-refractivity contribution in [2.75, 3.05) is 23.3 Å². The van der Waals surface area contributed by atoms with E-state index in [1.807, 2.05) is 24.3 Å². The predicted molar refractivity (Wildman–Crippen MR) is 120 cm³/mol. The molecule has 1 N–H and O–H groups in total. The smallest absolute Gasteiger partial charge is 0.141 e. The number of piperidine rings is 1.